The van der Waals surface area contributed by atoms with E-state index in [-0.39, 0.29) is 0 Å². The third-order valence-electron chi connectivity index (χ3n) is 9.39. The first-order chi connectivity index (χ1) is 24.2. The second-order valence-electron chi connectivity index (χ2n) is 12.4. The topological polar surface area (TPSA) is 8.17 Å². The molecule has 49 heavy (non-hydrogen) atoms. The third kappa shape index (κ3) is 5.24. The normalized spacial score (nSPS) is 11.4. The SMILES string of the molecule is Clc1cc(-c2ccc3c(c2)c2ccc4ccccc4c2n3-c2ccccc2)cc(N(c2ccccc2)c2ccc(-c3ccccc3)cc2)c1. The Morgan fingerprint density at radius 2 is 1.02 bits per heavy atom. The number of hydrogen-bond donors (Lipinski definition) is 0. The molecule has 0 bridgehead atoms. The maximum Gasteiger partial charge on any atom is 0.0619 e. The number of fused-ring (bicyclic) bond motifs is 5. The molecule has 0 fully saturated rings. The van der Waals surface area contributed by atoms with Crippen LogP contribution in [0.15, 0.2) is 188 Å². The zero-order chi connectivity index (χ0) is 32.7. The van der Waals surface area contributed by atoms with E-state index in [0.29, 0.717) is 5.02 Å². The van der Waals surface area contributed by atoms with Gasteiger partial charge in [0.2, 0.25) is 0 Å². The minimum Gasteiger partial charge on any atom is -0.310 e. The Bertz CT molecular complexity index is 2590. The van der Waals surface area contributed by atoms with Gasteiger partial charge in [0.05, 0.1) is 11.0 Å². The van der Waals surface area contributed by atoms with Crippen LogP contribution in [0.5, 0.6) is 0 Å². The van der Waals surface area contributed by atoms with Crippen molar-refractivity contribution in [2.24, 2.45) is 0 Å². The van der Waals surface area contributed by atoms with E-state index >= 15 is 0 Å². The number of aromatic nitrogens is 1. The molecule has 0 unspecified atom stereocenters. The van der Waals surface area contributed by atoms with Gasteiger partial charge in [0, 0.05) is 43.9 Å². The van der Waals surface area contributed by atoms with Crippen LogP contribution >= 0.6 is 11.6 Å². The highest BCUT2D eigenvalue weighted by Gasteiger charge is 2.18. The van der Waals surface area contributed by atoms with Crippen LogP contribution in [-0.2, 0) is 0 Å². The van der Waals surface area contributed by atoms with Crippen LogP contribution in [0.1, 0.15) is 0 Å². The van der Waals surface area contributed by atoms with Crippen molar-refractivity contribution in [3.63, 3.8) is 0 Å². The zero-order valence-electron chi connectivity index (χ0n) is 26.7. The fourth-order valence-electron chi connectivity index (χ4n) is 7.13. The Labute approximate surface area is 290 Å². The van der Waals surface area contributed by atoms with Gasteiger partial charge in [0.15, 0.2) is 0 Å². The second-order valence-corrected chi connectivity index (χ2v) is 12.8. The summed E-state index contributed by atoms with van der Waals surface area (Å²) in [6.45, 7) is 0. The lowest BCUT2D eigenvalue weighted by Crippen LogP contribution is -2.10. The average molecular weight is 647 g/mol. The highest BCUT2D eigenvalue weighted by atomic mass is 35.5. The Hall–Kier alpha value is -6.09. The summed E-state index contributed by atoms with van der Waals surface area (Å²) in [5.41, 5.74) is 11.2. The fraction of sp³-hybridized carbons (Fsp3) is 0. The minimum atomic E-state index is 0.687. The molecule has 0 atom stereocenters. The number of rotatable bonds is 6. The number of anilines is 3. The fourth-order valence-corrected chi connectivity index (χ4v) is 7.36. The molecule has 0 amide bonds. The van der Waals surface area contributed by atoms with E-state index in [4.69, 9.17) is 11.6 Å². The maximum atomic E-state index is 6.96. The van der Waals surface area contributed by atoms with Gasteiger partial charge in [0.1, 0.15) is 0 Å². The molecule has 0 saturated carbocycles. The van der Waals surface area contributed by atoms with Crippen molar-refractivity contribution in [1.82, 2.24) is 4.57 Å². The van der Waals surface area contributed by atoms with Crippen LogP contribution in [-0.4, -0.2) is 4.57 Å². The first-order valence-corrected chi connectivity index (χ1v) is 16.9. The molecule has 2 nitrogen and oxygen atoms in total. The van der Waals surface area contributed by atoms with Crippen molar-refractivity contribution in [2.45, 2.75) is 0 Å². The summed E-state index contributed by atoms with van der Waals surface area (Å²) >= 11 is 6.96. The van der Waals surface area contributed by atoms with Crippen molar-refractivity contribution in [1.29, 1.82) is 0 Å². The van der Waals surface area contributed by atoms with Crippen molar-refractivity contribution in [3.8, 4) is 27.9 Å². The van der Waals surface area contributed by atoms with Crippen LogP contribution in [0.3, 0.4) is 0 Å². The predicted molar refractivity (Wildman–Crippen MR) is 209 cm³/mol. The summed E-state index contributed by atoms with van der Waals surface area (Å²) < 4.78 is 2.40. The van der Waals surface area contributed by atoms with E-state index < -0.39 is 0 Å². The van der Waals surface area contributed by atoms with E-state index in [1.165, 1.54) is 43.7 Å². The van der Waals surface area contributed by atoms with Gasteiger partial charge in [-0.2, -0.15) is 0 Å². The van der Waals surface area contributed by atoms with Gasteiger partial charge < -0.3 is 9.47 Å². The van der Waals surface area contributed by atoms with Gasteiger partial charge in [-0.15, -0.1) is 0 Å². The molecule has 3 heteroatoms. The molecule has 0 aliphatic heterocycles. The Morgan fingerprint density at radius 1 is 0.388 bits per heavy atom. The smallest absolute Gasteiger partial charge is 0.0619 e. The van der Waals surface area contributed by atoms with E-state index in [1.807, 2.05) is 12.1 Å². The molecule has 9 aromatic rings. The monoisotopic (exact) mass is 646 g/mol. The highest BCUT2D eigenvalue weighted by Crippen LogP contribution is 2.42. The summed E-state index contributed by atoms with van der Waals surface area (Å²) in [7, 11) is 0. The highest BCUT2D eigenvalue weighted by molar-refractivity contribution is 6.31. The van der Waals surface area contributed by atoms with Gasteiger partial charge in [-0.05, 0) is 94.4 Å². The molecular formula is C46H31ClN2. The molecule has 0 aliphatic carbocycles. The van der Waals surface area contributed by atoms with Crippen molar-refractivity contribution >= 4 is 61.2 Å². The number of benzene rings is 8. The second kappa shape index (κ2) is 12.2. The number of hydrogen-bond acceptors (Lipinski definition) is 1. The Kier molecular flexibility index (Phi) is 7.22. The zero-order valence-corrected chi connectivity index (χ0v) is 27.4. The Morgan fingerprint density at radius 3 is 1.80 bits per heavy atom. The maximum absolute atomic E-state index is 6.96. The lowest BCUT2D eigenvalue weighted by Gasteiger charge is -2.26. The minimum absolute atomic E-state index is 0.687. The van der Waals surface area contributed by atoms with Crippen molar-refractivity contribution < 1.29 is 0 Å². The molecule has 0 spiro atoms. The molecule has 232 valence electrons. The van der Waals surface area contributed by atoms with Crippen LogP contribution < -0.4 is 4.90 Å². The summed E-state index contributed by atoms with van der Waals surface area (Å²) in [6, 6.07) is 66.7. The number of nitrogens with zero attached hydrogens (tertiary/aromatic N) is 2. The molecule has 8 aromatic carbocycles. The quantitative estimate of drug-likeness (QED) is 0.174. The van der Waals surface area contributed by atoms with Crippen LogP contribution in [0.25, 0.3) is 60.5 Å². The van der Waals surface area contributed by atoms with Crippen LogP contribution in [0, 0.1) is 0 Å². The van der Waals surface area contributed by atoms with Gasteiger partial charge in [-0.1, -0.05) is 133 Å². The molecule has 0 saturated heterocycles. The van der Waals surface area contributed by atoms with Gasteiger partial charge in [0.25, 0.3) is 0 Å². The molecule has 0 N–H and O–H groups in total. The van der Waals surface area contributed by atoms with Crippen molar-refractivity contribution in [2.75, 3.05) is 4.90 Å². The van der Waals surface area contributed by atoms with Gasteiger partial charge in [-0.3, -0.25) is 0 Å². The standard InChI is InChI=1S/C46H31ClN2/c47-37-28-36(29-41(31-37)48(38-15-6-2-7-16-38)40-24-20-33(21-25-40)32-12-4-1-5-13-32)35-23-27-45-44(30-35)43-26-22-34-14-10-11-19-42(34)46(43)49(45)39-17-8-3-9-18-39/h1-31H. The molecule has 1 heterocycles. The van der Waals surface area contributed by atoms with Gasteiger partial charge >= 0.3 is 0 Å². The van der Waals surface area contributed by atoms with E-state index in [1.54, 1.807) is 0 Å². The van der Waals surface area contributed by atoms with E-state index in [9.17, 15) is 0 Å². The Balaban J connectivity index is 1.21. The van der Waals surface area contributed by atoms with Gasteiger partial charge in [-0.25, -0.2) is 0 Å². The summed E-state index contributed by atoms with van der Waals surface area (Å²) in [6.07, 6.45) is 0. The summed E-state index contributed by atoms with van der Waals surface area (Å²) in [5.74, 6) is 0. The first-order valence-electron chi connectivity index (χ1n) is 16.5. The molecule has 0 radical (unpaired) electrons. The largest absolute Gasteiger partial charge is 0.310 e. The molecule has 1 aromatic heterocycles. The van der Waals surface area contributed by atoms with Crippen LogP contribution in [0.4, 0.5) is 17.1 Å². The summed E-state index contributed by atoms with van der Waals surface area (Å²) in [5, 5.41) is 5.59. The predicted octanol–water partition coefficient (Wildman–Crippen LogP) is 13.4. The number of halogens is 1. The van der Waals surface area contributed by atoms with Crippen LogP contribution in [0.2, 0.25) is 5.02 Å². The molecule has 9 rings (SSSR count). The third-order valence-corrected chi connectivity index (χ3v) is 9.61. The first kappa shape index (κ1) is 29.1. The average Bonchev–Trinajstić information content (AvgIpc) is 3.50. The summed E-state index contributed by atoms with van der Waals surface area (Å²) in [4.78, 5) is 2.27. The lowest BCUT2D eigenvalue weighted by atomic mass is 10.0. The lowest BCUT2D eigenvalue weighted by molar-refractivity contribution is 1.19. The molecular weight excluding hydrogens is 616 g/mol. The molecule has 0 aliphatic rings. The van der Waals surface area contributed by atoms with Crippen molar-refractivity contribution in [3.05, 3.63) is 193 Å². The number of para-hydroxylation sites is 2. The van der Waals surface area contributed by atoms with E-state index in [0.717, 1.165) is 33.9 Å². The van der Waals surface area contributed by atoms with E-state index in [2.05, 4.69) is 185 Å².